The van der Waals surface area contributed by atoms with Gasteiger partial charge in [-0.15, -0.1) is 0 Å². The molecule has 1 aliphatic rings. The Kier molecular flexibility index (Phi) is 5.79. The molecule has 0 heterocycles. The van der Waals surface area contributed by atoms with Crippen molar-refractivity contribution < 1.29 is 14.3 Å². The van der Waals surface area contributed by atoms with Gasteiger partial charge in [-0.2, -0.15) is 0 Å². The molecule has 0 saturated heterocycles. The van der Waals surface area contributed by atoms with Crippen molar-refractivity contribution in [2.45, 2.75) is 64.7 Å². The summed E-state index contributed by atoms with van der Waals surface area (Å²) < 4.78 is 10.8. The van der Waals surface area contributed by atoms with Crippen LogP contribution in [0.4, 0.5) is 0 Å². The van der Waals surface area contributed by atoms with E-state index in [0.717, 1.165) is 17.5 Å². The fourth-order valence-electron chi connectivity index (χ4n) is 4.80. The number of ether oxygens (including phenoxy) is 2. The Balaban J connectivity index is 1.81. The molecule has 0 spiro atoms. The van der Waals surface area contributed by atoms with Crippen molar-refractivity contribution in [1.82, 2.24) is 0 Å². The predicted molar refractivity (Wildman–Crippen MR) is 132 cm³/mol. The number of carbonyl (C=O) groups is 1. The van der Waals surface area contributed by atoms with E-state index in [1.54, 1.807) is 6.07 Å². The van der Waals surface area contributed by atoms with Crippen LogP contribution in [0.25, 0.3) is 21.9 Å². The average Bonchev–Trinajstić information content (AvgIpc) is 2.79. The molecule has 0 aliphatic heterocycles. The van der Waals surface area contributed by atoms with Crippen molar-refractivity contribution in [3.05, 3.63) is 65.2 Å². The number of hydrogen-bond acceptors (Lipinski definition) is 3. The van der Waals surface area contributed by atoms with Gasteiger partial charge in [0.25, 0.3) is 0 Å². The van der Waals surface area contributed by atoms with Crippen molar-refractivity contribution >= 4 is 16.7 Å². The Morgan fingerprint density at radius 3 is 2.06 bits per heavy atom. The van der Waals surface area contributed by atoms with Crippen LogP contribution in [0, 0.1) is 0 Å². The van der Waals surface area contributed by atoms with Crippen molar-refractivity contribution in [3.63, 3.8) is 0 Å². The summed E-state index contributed by atoms with van der Waals surface area (Å²) in [7, 11) is 1.40. The van der Waals surface area contributed by atoms with E-state index in [-0.39, 0.29) is 16.8 Å². The Labute approximate surface area is 191 Å². The molecule has 0 bridgehead atoms. The first-order valence-electron chi connectivity index (χ1n) is 11.6. The van der Waals surface area contributed by atoms with Crippen LogP contribution in [0.1, 0.15) is 75.4 Å². The maximum absolute atomic E-state index is 12.2. The molecule has 0 unspecified atom stereocenters. The van der Waals surface area contributed by atoms with E-state index in [1.165, 1.54) is 41.9 Å². The number of fused-ring (bicyclic) bond motifs is 2. The van der Waals surface area contributed by atoms with E-state index in [2.05, 4.69) is 65.0 Å². The highest BCUT2D eigenvalue weighted by atomic mass is 16.5. The lowest BCUT2D eigenvalue weighted by Gasteiger charge is -2.42. The van der Waals surface area contributed by atoms with Gasteiger partial charge in [-0.05, 0) is 81.3 Å². The topological polar surface area (TPSA) is 35.5 Å². The first kappa shape index (κ1) is 22.4. The van der Waals surface area contributed by atoms with E-state index < -0.39 is 0 Å². The minimum atomic E-state index is -0.377. The molecular weight excluding hydrogens is 396 g/mol. The fourth-order valence-corrected chi connectivity index (χ4v) is 4.80. The third-order valence-corrected chi connectivity index (χ3v) is 6.99. The summed E-state index contributed by atoms with van der Waals surface area (Å²) in [5, 5.41) is 2.52. The fraction of sp³-hybridized carbons (Fsp3) is 0.414. The zero-order valence-corrected chi connectivity index (χ0v) is 20.2. The zero-order chi connectivity index (χ0) is 23.1. The smallest absolute Gasteiger partial charge is 0.341 e. The number of esters is 1. The molecule has 1 aliphatic carbocycles. The summed E-state index contributed by atoms with van der Waals surface area (Å²) in [6.07, 6.45) is 3.28. The van der Waals surface area contributed by atoms with E-state index in [4.69, 9.17) is 9.47 Å². The molecule has 0 N–H and O–H groups in total. The molecule has 168 valence electrons. The van der Waals surface area contributed by atoms with Crippen LogP contribution in [0.15, 0.2) is 48.5 Å². The van der Waals surface area contributed by atoms with Crippen molar-refractivity contribution in [3.8, 4) is 16.9 Å². The van der Waals surface area contributed by atoms with Crippen molar-refractivity contribution in [2.75, 3.05) is 13.7 Å². The molecule has 0 saturated carbocycles. The summed E-state index contributed by atoms with van der Waals surface area (Å²) in [5.74, 6) is 0.197. The van der Waals surface area contributed by atoms with Gasteiger partial charge in [0, 0.05) is 0 Å². The summed E-state index contributed by atoms with van der Waals surface area (Å²) in [6.45, 7) is 12.1. The van der Waals surface area contributed by atoms with Crippen LogP contribution in [-0.2, 0) is 15.6 Å². The second kappa shape index (κ2) is 8.27. The second-order valence-corrected chi connectivity index (χ2v) is 10.3. The molecule has 3 heteroatoms. The Hall–Kier alpha value is -2.81. The van der Waals surface area contributed by atoms with E-state index in [9.17, 15) is 4.79 Å². The van der Waals surface area contributed by atoms with Crippen LogP contribution in [0.5, 0.6) is 5.75 Å². The molecule has 32 heavy (non-hydrogen) atoms. The molecule has 4 rings (SSSR count). The number of carbonyl (C=O) groups excluding carboxylic acids is 1. The highest BCUT2D eigenvalue weighted by Gasteiger charge is 2.37. The molecular formula is C29H34O3. The van der Waals surface area contributed by atoms with Gasteiger partial charge in [-0.1, -0.05) is 65.0 Å². The summed E-state index contributed by atoms with van der Waals surface area (Å²) in [4.78, 5) is 12.2. The molecule has 0 fully saturated rings. The zero-order valence-electron chi connectivity index (χ0n) is 20.2. The number of rotatable bonds is 5. The average molecular weight is 431 g/mol. The van der Waals surface area contributed by atoms with E-state index in [0.29, 0.717) is 17.9 Å². The molecule has 0 radical (unpaired) electrons. The van der Waals surface area contributed by atoms with E-state index in [1.807, 2.05) is 12.1 Å². The molecule has 3 aromatic rings. The van der Waals surface area contributed by atoms with Crippen LogP contribution < -0.4 is 4.74 Å². The Morgan fingerprint density at radius 2 is 1.44 bits per heavy atom. The minimum Gasteiger partial charge on any atom is -0.493 e. The summed E-state index contributed by atoms with van der Waals surface area (Å²) in [5.41, 5.74) is 5.93. The number of benzene rings is 3. The second-order valence-electron chi connectivity index (χ2n) is 10.3. The third kappa shape index (κ3) is 4.01. The minimum absolute atomic E-state index is 0.179. The van der Waals surface area contributed by atoms with Crippen molar-refractivity contribution in [2.24, 2.45) is 0 Å². The van der Waals surface area contributed by atoms with Gasteiger partial charge >= 0.3 is 5.97 Å². The highest BCUT2D eigenvalue weighted by Crippen LogP contribution is 2.47. The SMILES string of the molecule is CCCOc1cc(-c2ccc3cc4c(cc3c2)C(C)(C)CCC4(C)C)ccc1C(=O)OC. The molecule has 0 amide bonds. The normalized spacial score (nSPS) is 16.4. The van der Waals surface area contributed by atoms with Crippen LogP contribution >= 0.6 is 0 Å². The van der Waals surface area contributed by atoms with Crippen molar-refractivity contribution in [1.29, 1.82) is 0 Å². The highest BCUT2D eigenvalue weighted by molar-refractivity contribution is 5.94. The monoisotopic (exact) mass is 430 g/mol. The van der Waals surface area contributed by atoms with Crippen LogP contribution in [0.3, 0.4) is 0 Å². The molecule has 3 nitrogen and oxygen atoms in total. The first-order valence-corrected chi connectivity index (χ1v) is 11.6. The Morgan fingerprint density at radius 1 is 0.844 bits per heavy atom. The van der Waals surface area contributed by atoms with Gasteiger partial charge in [0.1, 0.15) is 11.3 Å². The largest absolute Gasteiger partial charge is 0.493 e. The first-order chi connectivity index (χ1) is 15.2. The maximum Gasteiger partial charge on any atom is 0.341 e. The van der Waals surface area contributed by atoms with Crippen LogP contribution in [-0.4, -0.2) is 19.7 Å². The lowest BCUT2D eigenvalue weighted by atomic mass is 9.63. The van der Waals surface area contributed by atoms with Gasteiger partial charge in [-0.25, -0.2) is 4.79 Å². The van der Waals surface area contributed by atoms with Gasteiger partial charge in [0.2, 0.25) is 0 Å². The maximum atomic E-state index is 12.2. The van der Waals surface area contributed by atoms with Crippen LogP contribution in [0.2, 0.25) is 0 Å². The van der Waals surface area contributed by atoms with Gasteiger partial charge in [0.15, 0.2) is 0 Å². The van der Waals surface area contributed by atoms with Gasteiger partial charge in [-0.3, -0.25) is 0 Å². The summed E-state index contributed by atoms with van der Waals surface area (Å²) >= 11 is 0. The lowest BCUT2D eigenvalue weighted by molar-refractivity contribution is 0.0596. The predicted octanol–water partition coefficient (Wildman–Crippen LogP) is 7.43. The van der Waals surface area contributed by atoms with Gasteiger partial charge < -0.3 is 9.47 Å². The quantitative estimate of drug-likeness (QED) is 0.395. The number of methoxy groups -OCH3 is 1. The molecule has 3 aromatic carbocycles. The summed E-state index contributed by atoms with van der Waals surface area (Å²) in [6, 6.07) is 17.1. The number of hydrogen-bond donors (Lipinski definition) is 0. The molecule has 0 atom stereocenters. The lowest BCUT2D eigenvalue weighted by Crippen LogP contribution is -2.33. The Bertz CT molecular complexity index is 1170. The van der Waals surface area contributed by atoms with Gasteiger partial charge in [0.05, 0.1) is 13.7 Å². The third-order valence-electron chi connectivity index (χ3n) is 6.99. The standard InChI is InChI=1S/C29H34O3/c1-7-14-32-26-18-21(10-11-23(26)27(30)31-6)19-8-9-20-16-24-25(17-22(20)15-19)29(4,5)13-12-28(24,2)3/h8-11,15-18H,7,12-14H2,1-6H3. The van der Waals surface area contributed by atoms with E-state index >= 15 is 0 Å². The molecule has 0 aromatic heterocycles.